The normalized spacial score (nSPS) is 20.6. The third-order valence-corrected chi connectivity index (χ3v) is 4.14. The fraction of sp³-hybridized carbons (Fsp3) is 0.294. The molecule has 2 aromatic carbocycles. The molecule has 1 fully saturated rings. The third kappa shape index (κ3) is 3.62. The highest BCUT2D eigenvalue weighted by atomic mass is 79.9. The van der Waals surface area contributed by atoms with E-state index in [2.05, 4.69) is 51.6 Å². The maximum absolute atomic E-state index is 5.70. The zero-order valence-corrected chi connectivity index (χ0v) is 12.8. The third-order valence-electron chi connectivity index (χ3n) is 3.61. The lowest BCUT2D eigenvalue weighted by Gasteiger charge is -2.07. The monoisotopic (exact) mass is 331 g/mol. The maximum atomic E-state index is 5.70. The van der Waals surface area contributed by atoms with Crippen LogP contribution in [0.3, 0.4) is 0 Å². The van der Waals surface area contributed by atoms with E-state index in [9.17, 15) is 0 Å². The molecule has 20 heavy (non-hydrogen) atoms. The molecular formula is C17H18BrNO. The molecule has 1 aliphatic carbocycles. The minimum absolute atomic E-state index is 0.617. The van der Waals surface area contributed by atoms with Crippen LogP contribution in [0.1, 0.15) is 17.9 Å². The first-order valence-corrected chi connectivity index (χ1v) is 7.79. The van der Waals surface area contributed by atoms with Gasteiger partial charge in [-0.1, -0.05) is 46.3 Å². The summed E-state index contributed by atoms with van der Waals surface area (Å²) in [6.45, 7) is 1.60. The van der Waals surface area contributed by atoms with Crippen LogP contribution in [0.25, 0.3) is 0 Å². The van der Waals surface area contributed by atoms with Crippen LogP contribution >= 0.6 is 15.9 Å². The predicted octanol–water partition coefficient (Wildman–Crippen LogP) is 3.97. The zero-order valence-electron chi connectivity index (χ0n) is 11.3. The topological polar surface area (TPSA) is 21.3 Å². The number of ether oxygens (including phenoxy) is 1. The van der Waals surface area contributed by atoms with E-state index in [0.717, 1.165) is 16.8 Å². The van der Waals surface area contributed by atoms with Crippen LogP contribution in [0.15, 0.2) is 59.1 Å². The molecule has 0 heterocycles. The Labute approximate surface area is 128 Å². The van der Waals surface area contributed by atoms with Gasteiger partial charge in [-0.15, -0.1) is 0 Å². The standard InChI is InChI=1S/C17H18BrNO/c18-14-6-8-15(9-7-14)20-11-10-19-17-12-16(17)13-4-2-1-3-5-13/h1-9,16-17,19H,10-12H2. The number of hydrogen-bond donors (Lipinski definition) is 1. The van der Waals surface area contributed by atoms with E-state index in [0.29, 0.717) is 18.6 Å². The number of benzene rings is 2. The minimum atomic E-state index is 0.617. The first-order valence-electron chi connectivity index (χ1n) is 6.99. The van der Waals surface area contributed by atoms with Crippen molar-refractivity contribution in [3.05, 3.63) is 64.6 Å². The van der Waals surface area contributed by atoms with Gasteiger partial charge in [-0.25, -0.2) is 0 Å². The molecule has 0 saturated heterocycles. The Hall–Kier alpha value is -1.32. The lowest BCUT2D eigenvalue weighted by molar-refractivity contribution is 0.313. The van der Waals surface area contributed by atoms with Crippen LogP contribution in [0.4, 0.5) is 0 Å². The van der Waals surface area contributed by atoms with Crippen molar-refractivity contribution in [3.63, 3.8) is 0 Å². The van der Waals surface area contributed by atoms with E-state index in [1.54, 1.807) is 0 Å². The summed E-state index contributed by atoms with van der Waals surface area (Å²) in [6, 6.07) is 19.3. The molecule has 2 aromatic rings. The van der Waals surface area contributed by atoms with E-state index < -0.39 is 0 Å². The molecule has 1 saturated carbocycles. The van der Waals surface area contributed by atoms with E-state index in [4.69, 9.17) is 4.74 Å². The van der Waals surface area contributed by atoms with Gasteiger partial charge in [0.1, 0.15) is 12.4 Å². The van der Waals surface area contributed by atoms with Crippen molar-refractivity contribution in [2.24, 2.45) is 0 Å². The maximum Gasteiger partial charge on any atom is 0.119 e. The van der Waals surface area contributed by atoms with E-state index in [1.807, 2.05) is 24.3 Å². The molecule has 3 heteroatoms. The second-order valence-corrected chi connectivity index (χ2v) is 6.03. The van der Waals surface area contributed by atoms with Crippen molar-refractivity contribution >= 4 is 15.9 Å². The highest BCUT2D eigenvalue weighted by molar-refractivity contribution is 9.10. The van der Waals surface area contributed by atoms with Crippen molar-refractivity contribution in [2.75, 3.05) is 13.2 Å². The van der Waals surface area contributed by atoms with Gasteiger partial charge in [-0.2, -0.15) is 0 Å². The smallest absolute Gasteiger partial charge is 0.119 e. The van der Waals surface area contributed by atoms with E-state index >= 15 is 0 Å². The van der Waals surface area contributed by atoms with Gasteiger partial charge >= 0.3 is 0 Å². The molecule has 0 radical (unpaired) electrons. The molecule has 1 N–H and O–H groups in total. The van der Waals surface area contributed by atoms with Crippen LogP contribution in [-0.2, 0) is 0 Å². The van der Waals surface area contributed by atoms with Gasteiger partial charge in [-0.05, 0) is 36.2 Å². The molecule has 0 bridgehead atoms. The average molecular weight is 332 g/mol. The molecule has 1 aliphatic rings. The molecule has 104 valence electrons. The summed E-state index contributed by atoms with van der Waals surface area (Å²) >= 11 is 3.42. The number of hydrogen-bond acceptors (Lipinski definition) is 2. The van der Waals surface area contributed by atoms with Crippen LogP contribution in [0, 0.1) is 0 Å². The second kappa shape index (κ2) is 6.42. The molecule has 0 aliphatic heterocycles. The first kappa shape index (κ1) is 13.7. The van der Waals surface area contributed by atoms with Gasteiger partial charge < -0.3 is 10.1 Å². The lowest BCUT2D eigenvalue weighted by Crippen LogP contribution is -2.24. The highest BCUT2D eigenvalue weighted by Gasteiger charge is 2.37. The largest absolute Gasteiger partial charge is 0.492 e. The van der Waals surface area contributed by atoms with Gasteiger partial charge in [-0.3, -0.25) is 0 Å². The highest BCUT2D eigenvalue weighted by Crippen LogP contribution is 2.40. The predicted molar refractivity (Wildman–Crippen MR) is 85.2 cm³/mol. The quantitative estimate of drug-likeness (QED) is 0.808. The van der Waals surface area contributed by atoms with E-state index in [1.165, 1.54) is 12.0 Å². The molecule has 0 amide bonds. The SMILES string of the molecule is Brc1ccc(OCCNC2CC2c2ccccc2)cc1. The Kier molecular flexibility index (Phi) is 4.38. The fourth-order valence-corrected chi connectivity index (χ4v) is 2.70. The Bertz CT molecular complexity index is 541. The second-order valence-electron chi connectivity index (χ2n) is 5.12. The summed E-state index contributed by atoms with van der Waals surface area (Å²) in [5.41, 5.74) is 1.44. The van der Waals surface area contributed by atoms with Crippen molar-refractivity contribution < 1.29 is 4.74 Å². The summed E-state index contributed by atoms with van der Waals surface area (Å²) in [5.74, 6) is 1.61. The Morgan fingerprint density at radius 1 is 1.05 bits per heavy atom. The van der Waals surface area contributed by atoms with Gasteiger partial charge in [0.05, 0.1) is 0 Å². The van der Waals surface area contributed by atoms with Gasteiger partial charge in [0, 0.05) is 23.0 Å². The Balaban J connectivity index is 1.36. The lowest BCUT2D eigenvalue weighted by atomic mass is 10.1. The van der Waals surface area contributed by atoms with Crippen molar-refractivity contribution in [3.8, 4) is 5.75 Å². The summed E-state index contributed by atoms with van der Waals surface area (Å²) in [5, 5.41) is 3.55. The minimum Gasteiger partial charge on any atom is -0.492 e. The van der Waals surface area contributed by atoms with Crippen LogP contribution < -0.4 is 10.1 Å². The summed E-state index contributed by atoms with van der Waals surface area (Å²) in [7, 11) is 0. The molecule has 2 unspecified atom stereocenters. The molecule has 2 nitrogen and oxygen atoms in total. The molecule has 0 aromatic heterocycles. The summed E-state index contributed by atoms with van der Waals surface area (Å²) < 4.78 is 6.77. The molecule has 3 rings (SSSR count). The van der Waals surface area contributed by atoms with Crippen LogP contribution in [0.2, 0.25) is 0 Å². The van der Waals surface area contributed by atoms with Crippen molar-refractivity contribution in [1.29, 1.82) is 0 Å². The van der Waals surface area contributed by atoms with E-state index in [-0.39, 0.29) is 0 Å². The summed E-state index contributed by atoms with van der Waals surface area (Å²) in [6.07, 6.45) is 1.24. The Morgan fingerprint density at radius 3 is 2.55 bits per heavy atom. The van der Waals surface area contributed by atoms with Crippen molar-refractivity contribution in [1.82, 2.24) is 5.32 Å². The molecular weight excluding hydrogens is 314 g/mol. The Morgan fingerprint density at radius 2 is 1.80 bits per heavy atom. The first-order chi connectivity index (χ1) is 9.83. The summed E-state index contributed by atoms with van der Waals surface area (Å²) in [4.78, 5) is 0. The van der Waals surface area contributed by atoms with Gasteiger partial charge in [0.15, 0.2) is 0 Å². The van der Waals surface area contributed by atoms with Gasteiger partial charge in [0.25, 0.3) is 0 Å². The number of nitrogens with one attached hydrogen (secondary N) is 1. The fourth-order valence-electron chi connectivity index (χ4n) is 2.43. The van der Waals surface area contributed by atoms with Gasteiger partial charge in [0.2, 0.25) is 0 Å². The number of halogens is 1. The van der Waals surface area contributed by atoms with Crippen LogP contribution in [-0.4, -0.2) is 19.2 Å². The molecule has 2 atom stereocenters. The zero-order chi connectivity index (χ0) is 13.8. The molecule has 0 spiro atoms. The van der Waals surface area contributed by atoms with Crippen molar-refractivity contribution in [2.45, 2.75) is 18.4 Å². The number of rotatable bonds is 6. The van der Waals surface area contributed by atoms with Crippen LogP contribution in [0.5, 0.6) is 5.75 Å². The average Bonchev–Trinajstić information content (AvgIpc) is 3.26.